The maximum absolute atomic E-state index is 12.3. The Hall–Kier alpha value is -4.15. The van der Waals surface area contributed by atoms with Crippen LogP contribution in [-0.4, -0.2) is 46.1 Å². The molecule has 0 atom stereocenters. The largest absolute Gasteiger partial charge is 0.454 e. The number of imide groups is 1. The first-order valence-electron chi connectivity index (χ1n) is 10.6. The highest BCUT2D eigenvalue weighted by atomic mass is 16.7. The Balaban J connectivity index is 1.14. The lowest BCUT2D eigenvalue weighted by Gasteiger charge is -2.10. The third-order valence-electron chi connectivity index (χ3n) is 5.56. The van der Waals surface area contributed by atoms with Gasteiger partial charge in [0.2, 0.25) is 6.79 Å². The van der Waals surface area contributed by atoms with Gasteiger partial charge in [0.15, 0.2) is 23.8 Å². The second kappa shape index (κ2) is 8.77. The molecule has 1 fully saturated rings. The van der Waals surface area contributed by atoms with Crippen molar-refractivity contribution in [2.24, 2.45) is 0 Å². The lowest BCUT2D eigenvalue weighted by molar-refractivity contribution is -0.123. The molecule has 170 valence electrons. The van der Waals surface area contributed by atoms with Gasteiger partial charge >= 0.3 is 12.0 Å². The first-order chi connectivity index (χ1) is 16.1. The fourth-order valence-electron chi connectivity index (χ4n) is 3.98. The molecule has 0 saturated heterocycles. The van der Waals surface area contributed by atoms with Crippen LogP contribution in [0, 0.1) is 0 Å². The molecular weight excluding hydrogens is 430 g/mol. The summed E-state index contributed by atoms with van der Waals surface area (Å²) < 4.78 is 17.4. The van der Waals surface area contributed by atoms with Crippen LogP contribution < -0.4 is 20.1 Å². The van der Waals surface area contributed by atoms with Gasteiger partial charge in [-0.05, 0) is 31.0 Å². The van der Waals surface area contributed by atoms with E-state index in [1.807, 2.05) is 4.68 Å². The zero-order valence-electron chi connectivity index (χ0n) is 17.6. The third-order valence-corrected chi connectivity index (χ3v) is 5.56. The quantitative estimate of drug-likeness (QED) is 0.566. The summed E-state index contributed by atoms with van der Waals surface area (Å²) in [6, 6.07) is 6.02. The highest BCUT2D eigenvalue weighted by Crippen LogP contribution is 2.34. The molecule has 1 saturated carbocycles. The average Bonchev–Trinajstić information content (AvgIpc) is 3.56. The van der Waals surface area contributed by atoms with Gasteiger partial charge in [-0.15, -0.1) is 0 Å². The number of rotatable bonds is 5. The summed E-state index contributed by atoms with van der Waals surface area (Å²) >= 11 is 0. The first kappa shape index (κ1) is 20.7. The van der Waals surface area contributed by atoms with Crippen LogP contribution in [0.1, 0.15) is 42.1 Å². The number of anilines is 1. The number of urea groups is 1. The van der Waals surface area contributed by atoms with Gasteiger partial charge in [-0.1, -0.05) is 12.8 Å². The molecule has 1 aromatic carbocycles. The fraction of sp³-hybridized carbons (Fsp3) is 0.318. The van der Waals surface area contributed by atoms with Crippen LogP contribution in [0.2, 0.25) is 0 Å². The standard InChI is InChI=1S/C22H21N5O6/c28-19(26-22(30)25-15-5-6-17-18(8-15)33-12-32-17)11-31-21(29)14-7-13-10-24-27(20(13)23-9-14)16-3-1-2-4-16/h5-10,16H,1-4,11-12H2,(H2,25,26,28,30). The Labute approximate surface area is 188 Å². The number of carbonyl (C=O) groups is 3. The minimum atomic E-state index is -0.773. The molecule has 0 unspecified atom stereocenters. The second-order valence-corrected chi connectivity index (χ2v) is 7.81. The predicted octanol–water partition coefficient (Wildman–Crippen LogP) is 2.78. The molecule has 3 aromatic rings. The van der Waals surface area contributed by atoms with E-state index in [0.29, 0.717) is 23.2 Å². The number of amides is 3. The molecule has 2 N–H and O–H groups in total. The van der Waals surface area contributed by atoms with Crippen molar-refractivity contribution in [3.63, 3.8) is 0 Å². The number of benzene rings is 1. The zero-order chi connectivity index (χ0) is 22.8. The van der Waals surface area contributed by atoms with Crippen molar-refractivity contribution >= 4 is 34.6 Å². The number of nitrogens with one attached hydrogen (secondary N) is 2. The van der Waals surface area contributed by atoms with E-state index in [9.17, 15) is 14.4 Å². The van der Waals surface area contributed by atoms with Gasteiger partial charge in [-0.25, -0.2) is 19.3 Å². The van der Waals surface area contributed by atoms with Crippen LogP contribution in [0.3, 0.4) is 0 Å². The summed E-state index contributed by atoms with van der Waals surface area (Å²) in [4.78, 5) is 40.7. The number of hydrogen-bond acceptors (Lipinski definition) is 8. The van der Waals surface area contributed by atoms with Crippen molar-refractivity contribution in [2.75, 3.05) is 18.7 Å². The van der Waals surface area contributed by atoms with Crippen LogP contribution in [0.15, 0.2) is 36.7 Å². The van der Waals surface area contributed by atoms with E-state index in [1.54, 1.807) is 30.5 Å². The fourth-order valence-corrected chi connectivity index (χ4v) is 3.98. The molecule has 2 aliphatic rings. The van der Waals surface area contributed by atoms with Gasteiger partial charge in [0.1, 0.15) is 0 Å². The van der Waals surface area contributed by atoms with Crippen molar-refractivity contribution in [3.05, 3.63) is 42.2 Å². The van der Waals surface area contributed by atoms with E-state index in [2.05, 4.69) is 20.7 Å². The molecule has 3 heterocycles. The Morgan fingerprint density at radius 2 is 1.91 bits per heavy atom. The second-order valence-electron chi connectivity index (χ2n) is 7.81. The van der Waals surface area contributed by atoms with Crippen molar-refractivity contribution < 1.29 is 28.6 Å². The summed E-state index contributed by atoms with van der Waals surface area (Å²) in [6.07, 6.45) is 7.56. The van der Waals surface area contributed by atoms with E-state index in [1.165, 1.54) is 19.0 Å². The van der Waals surface area contributed by atoms with Gasteiger partial charge in [0.05, 0.1) is 17.8 Å². The molecule has 5 rings (SSSR count). The van der Waals surface area contributed by atoms with Gasteiger partial charge in [-0.3, -0.25) is 10.1 Å². The maximum Gasteiger partial charge on any atom is 0.340 e. The van der Waals surface area contributed by atoms with E-state index >= 15 is 0 Å². The minimum absolute atomic E-state index is 0.111. The number of pyridine rings is 1. The number of nitrogens with zero attached hydrogens (tertiary/aromatic N) is 3. The number of ether oxygens (including phenoxy) is 3. The molecule has 33 heavy (non-hydrogen) atoms. The van der Waals surface area contributed by atoms with E-state index in [0.717, 1.165) is 23.9 Å². The summed E-state index contributed by atoms with van der Waals surface area (Å²) in [5, 5.41) is 9.74. The molecule has 2 aromatic heterocycles. The molecule has 0 radical (unpaired) electrons. The van der Waals surface area contributed by atoms with E-state index < -0.39 is 24.5 Å². The van der Waals surface area contributed by atoms with Gasteiger partial charge < -0.3 is 19.5 Å². The van der Waals surface area contributed by atoms with Crippen molar-refractivity contribution in [1.82, 2.24) is 20.1 Å². The summed E-state index contributed by atoms with van der Waals surface area (Å²) in [6.45, 7) is -0.507. The van der Waals surface area contributed by atoms with Crippen molar-refractivity contribution in [2.45, 2.75) is 31.7 Å². The lowest BCUT2D eigenvalue weighted by Crippen LogP contribution is -2.37. The molecule has 11 nitrogen and oxygen atoms in total. The Bertz CT molecular complexity index is 1230. The van der Waals surface area contributed by atoms with Crippen molar-refractivity contribution in [1.29, 1.82) is 0 Å². The molecule has 1 aliphatic heterocycles. The van der Waals surface area contributed by atoms with Crippen LogP contribution in [0.4, 0.5) is 10.5 Å². The predicted molar refractivity (Wildman–Crippen MR) is 115 cm³/mol. The SMILES string of the molecule is O=C(COC(=O)c1cnc2c(cnn2C2CCCC2)c1)NC(=O)Nc1ccc2c(c1)OCO2. The number of carbonyl (C=O) groups excluding carboxylic acids is 3. The molecular formula is C22H21N5O6. The van der Waals surface area contributed by atoms with Crippen LogP contribution in [0.25, 0.3) is 11.0 Å². The van der Waals surface area contributed by atoms with Crippen LogP contribution in [0.5, 0.6) is 11.5 Å². The summed E-state index contributed by atoms with van der Waals surface area (Å²) in [5.74, 6) is -0.427. The average molecular weight is 451 g/mol. The minimum Gasteiger partial charge on any atom is -0.454 e. The lowest BCUT2D eigenvalue weighted by atomic mass is 10.2. The first-order valence-corrected chi connectivity index (χ1v) is 10.6. The zero-order valence-corrected chi connectivity index (χ0v) is 17.6. The van der Waals surface area contributed by atoms with Gasteiger partial charge in [0.25, 0.3) is 5.91 Å². The Kier molecular flexibility index (Phi) is 5.51. The molecule has 11 heteroatoms. The number of aromatic nitrogens is 3. The molecule has 0 bridgehead atoms. The Morgan fingerprint density at radius 3 is 2.76 bits per heavy atom. The van der Waals surface area contributed by atoms with E-state index in [4.69, 9.17) is 14.2 Å². The monoisotopic (exact) mass is 451 g/mol. The molecule has 3 amide bonds. The van der Waals surface area contributed by atoms with Crippen molar-refractivity contribution in [3.8, 4) is 11.5 Å². The maximum atomic E-state index is 12.3. The molecule has 0 spiro atoms. The number of hydrogen-bond donors (Lipinski definition) is 2. The smallest absolute Gasteiger partial charge is 0.340 e. The highest BCUT2D eigenvalue weighted by Gasteiger charge is 2.21. The normalized spacial score (nSPS) is 14.9. The molecule has 1 aliphatic carbocycles. The Morgan fingerprint density at radius 1 is 1.09 bits per heavy atom. The van der Waals surface area contributed by atoms with Crippen LogP contribution in [-0.2, 0) is 9.53 Å². The van der Waals surface area contributed by atoms with Gasteiger partial charge in [-0.2, -0.15) is 5.10 Å². The topological polar surface area (TPSA) is 134 Å². The third kappa shape index (κ3) is 4.43. The number of fused-ring (bicyclic) bond motifs is 2. The van der Waals surface area contributed by atoms with Gasteiger partial charge in [0, 0.05) is 23.3 Å². The summed E-state index contributed by atoms with van der Waals surface area (Å²) in [5.41, 5.74) is 1.33. The highest BCUT2D eigenvalue weighted by molar-refractivity contribution is 6.02. The van der Waals surface area contributed by atoms with E-state index in [-0.39, 0.29) is 12.4 Å². The summed E-state index contributed by atoms with van der Waals surface area (Å²) in [7, 11) is 0. The van der Waals surface area contributed by atoms with Crippen LogP contribution >= 0.6 is 0 Å². The number of esters is 1.